The lowest BCUT2D eigenvalue weighted by Crippen LogP contribution is -2.54. The van der Waals surface area contributed by atoms with Gasteiger partial charge in [0.25, 0.3) is 5.91 Å². The van der Waals surface area contributed by atoms with E-state index in [2.05, 4.69) is 4.98 Å². The smallest absolute Gasteiger partial charge is 0.253 e. The first-order valence-electron chi connectivity index (χ1n) is 8.12. The van der Waals surface area contributed by atoms with Crippen LogP contribution in [0.5, 0.6) is 0 Å². The van der Waals surface area contributed by atoms with Gasteiger partial charge in [0.1, 0.15) is 6.61 Å². The van der Waals surface area contributed by atoms with Gasteiger partial charge in [0.05, 0.1) is 6.10 Å². The van der Waals surface area contributed by atoms with E-state index in [1.807, 2.05) is 17.9 Å². The van der Waals surface area contributed by atoms with Crippen LogP contribution in [-0.4, -0.2) is 47.5 Å². The van der Waals surface area contributed by atoms with Crippen LogP contribution in [0.4, 0.5) is 0 Å². The monoisotopic (exact) mass is 317 g/mol. The molecule has 2 aliphatic rings. The van der Waals surface area contributed by atoms with E-state index in [-0.39, 0.29) is 24.0 Å². The molecule has 6 heteroatoms. The van der Waals surface area contributed by atoms with Crippen molar-refractivity contribution in [2.75, 3.05) is 19.7 Å². The van der Waals surface area contributed by atoms with Gasteiger partial charge in [0, 0.05) is 36.0 Å². The maximum Gasteiger partial charge on any atom is 0.253 e. The average molecular weight is 317 g/mol. The van der Waals surface area contributed by atoms with Crippen LogP contribution in [0.1, 0.15) is 41.7 Å². The highest BCUT2D eigenvalue weighted by atomic mass is 16.5. The van der Waals surface area contributed by atoms with Gasteiger partial charge in [-0.2, -0.15) is 0 Å². The molecule has 1 aliphatic heterocycles. The van der Waals surface area contributed by atoms with Crippen LogP contribution in [0.2, 0.25) is 0 Å². The first-order valence-corrected chi connectivity index (χ1v) is 8.12. The Morgan fingerprint density at radius 2 is 2.13 bits per heavy atom. The maximum absolute atomic E-state index is 12.6. The van der Waals surface area contributed by atoms with Gasteiger partial charge in [0.15, 0.2) is 0 Å². The van der Waals surface area contributed by atoms with Crippen molar-refractivity contribution in [3.63, 3.8) is 0 Å². The molecule has 1 saturated carbocycles. The standard InChI is InChI=1S/C17H23N3O3/c1-12-10-13(3-7-19-12)16(22)20-8-5-17(6-9-20)4-2-14(17)23-11-15(18)21/h3,7,10,14H,2,4-6,8-9,11H2,1H3,(H2,18,21). The van der Waals surface area contributed by atoms with E-state index < -0.39 is 5.91 Å². The summed E-state index contributed by atoms with van der Waals surface area (Å²) < 4.78 is 5.64. The molecule has 1 aromatic heterocycles. The number of rotatable bonds is 4. The molecule has 1 spiro atoms. The molecule has 1 saturated heterocycles. The van der Waals surface area contributed by atoms with E-state index in [0.717, 1.165) is 44.5 Å². The fourth-order valence-electron chi connectivity index (χ4n) is 3.70. The molecule has 1 aliphatic carbocycles. The maximum atomic E-state index is 12.6. The third-order valence-corrected chi connectivity index (χ3v) is 5.20. The number of carbonyl (C=O) groups excluding carboxylic acids is 2. The summed E-state index contributed by atoms with van der Waals surface area (Å²) in [7, 11) is 0. The highest BCUT2D eigenvalue weighted by Gasteiger charge is 2.49. The van der Waals surface area contributed by atoms with Crippen LogP contribution in [0, 0.1) is 12.3 Å². The second-order valence-corrected chi connectivity index (χ2v) is 6.65. The summed E-state index contributed by atoms with van der Waals surface area (Å²) in [4.78, 5) is 29.5. The van der Waals surface area contributed by atoms with E-state index in [9.17, 15) is 9.59 Å². The third-order valence-electron chi connectivity index (χ3n) is 5.20. The van der Waals surface area contributed by atoms with Gasteiger partial charge in [-0.05, 0) is 44.7 Å². The summed E-state index contributed by atoms with van der Waals surface area (Å²) >= 11 is 0. The van der Waals surface area contributed by atoms with E-state index in [1.54, 1.807) is 12.3 Å². The second kappa shape index (κ2) is 6.28. The van der Waals surface area contributed by atoms with E-state index in [0.29, 0.717) is 5.56 Å². The first-order chi connectivity index (χ1) is 11.0. The topological polar surface area (TPSA) is 85.5 Å². The highest BCUT2D eigenvalue weighted by Crippen LogP contribution is 2.50. The minimum Gasteiger partial charge on any atom is -0.368 e. The van der Waals surface area contributed by atoms with Crippen molar-refractivity contribution in [2.45, 2.75) is 38.7 Å². The Balaban J connectivity index is 1.58. The fraction of sp³-hybridized carbons (Fsp3) is 0.588. The van der Waals surface area contributed by atoms with Crippen LogP contribution in [0.15, 0.2) is 18.3 Å². The SMILES string of the molecule is Cc1cc(C(=O)N2CCC3(CCC3OCC(N)=O)CC2)ccn1. The predicted molar refractivity (Wildman–Crippen MR) is 84.7 cm³/mol. The van der Waals surface area contributed by atoms with Crippen LogP contribution < -0.4 is 5.73 Å². The van der Waals surface area contributed by atoms with E-state index >= 15 is 0 Å². The number of pyridine rings is 1. The molecule has 1 atom stereocenters. The van der Waals surface area contributed by atoms with E-state index in [4.69, 9.17) is 10.5 Å². The van der Waals surface area contributed by atoms with Crippen molar-refractivity contribution < 1.29 is 14.3 Å². The van der Waals surface area contributed by atoms with Crippen molar-refractivity contribution >= 4 is 11.8 Å². The molecule has 6 nitrogen and oxygen atoms in total. The fourth-order valence-corrected chi connectivity index (χ4v) is 3.70. The Bertz CT molecular complexity index is 609. The van der Waals surface area contributed by atoms with Crippen molar-refractivity contribution in [3.05, 3.63) is 29.6 Å². The molecule has 0 aromatic carbocycles. The number of aromatic nitrogens is 1. The molecule has 2 N–H and O–H groups in total. The number of nitrogens with two attached hydrogens (primary N) is 1. The quantitative estimate of drug-likeness (QED) is 0.906. The Morgan fingerprint density at radius 3 is 2.70 bits per heavy atom. The van der Waals surface area contributed by atoms with Gasteiger partial charge in [-0.15, -0.1) is 0 Å². The largest absolute Gasteiger partial charge is 0.368 e. The molecule has 1 aromatic rings. The lowest BCUT2D eigenvalue weighted by Gasteiger charge is -2.53. The zero-order chi connectivity index (χ0) is 16.4. The van der Waals surface area contributed by atoms with Crippen LogP contribution >= 0.6 is 0 Å². The molecule has 0 radical (unpaired) electrons. The molecule has 23 heavy (non-hydrogen) atoms. The summed E-state index contributed by atoms with van der Waals surface area (Å²) in [6.07, 6.45) is 5.71. The summed E-state index contributed by atoms with van der Waals surface area (Å²) in [5.74, 6) is -0.355. The van der Waals surface area contributed by atoms with Gasteiger partial charge in [-0.3, -0.25) is 14.6 Å². The predicted octanol–water partition coefficient (Wildman–Crippen LogP) is 1.28. The Hall–Kier alpha value is -1.95. The first kappa shape index (κ1) is 15.9. The minimum absolute atomic E-state index is 0.00858. The van der Waals surface area contributed by atoms with Gasteiger partial charge >= 0.3 is 0 Å². The normalized spacial score (nSPS) is 22.7. The number of piperidine rings is 1. The second-order valence-electron chi connectivity index (χ2n) is 6.65. The Morgan fingerprint density at radius 1 is 1.39 bits per heavy atom. The zero-order valence-electron chi connectivity index (χ0n) is 13.5. The third kappa shape index (κ3) is 3.22. The average Bonchev–Trinajstić information content (AvgIpc) is 2.53. The highest BCUT2D eigenvalue weighted by molar-refractivity contribution is 5.94. The molecule has 0 bridgehead atoms. The van der Waals surface area contributed by atoms with Crippen molar-refractivity contribution in [3.8, 4) is 0 Å². The summed E-state index contributed by atoms with van der Waals surface area (Å²) in [6.45, 7) is 3.34. The van der Waals surface area contributed by atoms with Gasteiger partial charge < -0.3 is 15.4 Å². The molecular formula is C17H23N3O3. The number of likely N-dealkylation sites (tertiary alicyclic amines) is 1. The Kier molecular flexibility index (Phi) is 4.35. The number of hydrogen-bond donors (Lipinski definition) is 1. The van der Waals surface area contributed by atoms with Crippen molar-refractivity contribution in [2.24, 2.45) is 11.1 Å². The molecular weight excluding hydrogens is 294 g/mol. The number of amides is 2. The number of aryl methyl sites for hydroxylation is 1. The van der Waals surface area contributed by atoms with Gasteiger partial charge in [-0.1, -0.05) is 0 Å². The zero-order valence-corrected chi connectivity index (χ0v) is 13.5. The minimum atomic E-state index is -0.423. The number of carbonyl (C=O) groups is 2. The van der Waals surface area contributed by atoms with Crippen LogP contribution in [-0.2, 0) is 9.53 Å². The molecule has 1 unspecified atom stereocenters. The molecule has 2 fully saturated rings. The summed E-state index contributed by atoms with van der Waals surface area (Å²) in [5.41, 5.74) is 6.83. The van der Waals surface area contributed by atoms with Crippen molar-refractivity contribution in [1.82, 2.24) is 9.88 Å². The lowest BCUT2D eigenvalue weighted by atomic mass is 9.60. The summed E-state index contributed by atoms with van der Waals surface area (Å²) in [5, 5.41) is 0. The van der Waals surface area contributed by atoms with Gasteiger partial charge in [0.2, 0.25) is 5.91 Å². The van der Waals surface area contributed by atoms with Crippen LogP contribution in [0.3, 0.4) is 0 Å². The molecule has 2 heterocycles. The lowest BCUT2D eigenvalue weighted by molar-refractivity contribution is -0.148. The molecule has 3 rings (SSSR count). The number of hydrogen-bond acceptors (Lipinski definition) is 4. The molecule has 124 valence electrons. The number of nitrogens with zero attached hydrogens (tertiary/aromatic N) is 2. The molecule has 2 amide bonds. The Labute approximate surface area is 136 Å². The van der Waals surface area contributed by atoms with Gasteiger partial charge in [-0.25, -0.2) is 0 Å². The number of ether oxygens (including phenoxy) is 1. The van der Waals surface area contributed by atoms with Crippen LogP contribution in [0.25, 0.3) is 0 Å². The van der Waals surface area contributed by atoms with E-state index in [1.165, 1.54) is 0 Å². The summed E-state index contributed by atoms with van der Waals surface area (Å²) in [6, 6.07) is 3.59. The van der Waals surface area contributed by atoms with Crippen molar-refractivity contribution in [1.29, 1.82) is 0 Å². The number of primary amides is 1.